The van der Waals surface area contributed by atoms with Crippen LogP contribution in [0.3, 0.4) is 0 Å². The molecule has 0 bridgehead atoms. The van der Waals surface area contributed by atoms with Crippen molar-refractivity contribution in [1.29, 1.82) is 0 Å². The molecule has 90 valence electrons. The second-order valence-electron chi connectivity index (χ2n) is 5.27. The fraction of sp³-hybridized carbons (Fsp3) is 1.00. The molecule has 1 saturated heterocycles. The van der Waals surface area contributed by atoms with Gasteiger partial charge in [0.1, 0.15) is 0 Å². The standard InChI is InChI=1S/C12H26N2O/c1-9(2)12(15)8-13-11-5-6-14(4)10(3)7-11/h9-13,15H,5-8H2,1-4H3. The third-order valence-electron chi connectivity index (χ3n) is 3.59. The molecule has 1 aliphatic rings. The summed E-state index contributed by atoms with van der Waals surface area (Å²) in [6, 6.07) is 1.25. The van der Waals surface area contributed by atoms with Crippen LogP contribution in [0.15, 0.2) is 0 Å². The van der Waals surface area contributed by atoms with Crippen LogP contribution in [-0.2, 0) is 0 Å². The fourth-order valence-corrected chi connectivity index (χ4v) is 2.00. The highest BCUT2D eigenvalue weighted by Crippen LogP contribution is 2.15. The van der Waals surface area contributed by atoms with Gasteiger partial charge >= 0.3 is 0 Å². The van der Waals surface area contributed by atoms with Crippen LogP contribution in [0.5, 0.6) is 0 Å². The number of nitrogens with zero attached hydrogens (tertiary/aromatic N) is 1. The number of hydrogen-bond acceptors (Lipinski definition) is 3. The maximum Gasteiger partial charge on any atom is 0.0687 e. The highest BCUT2D eigenvalue weighted by Gasteiger charge is 2.23. The van der Waals surface area contributed by atoms with E-state index in [9.17, 15) is 5.11 Å². The number of hydrogen-bond donors (Lipinski definition) is 2. The first-order chi connectivity index (χ1) is 7.00. The molecular weight excluding hydrogens is 188 g/mol. The molecule has 3 unspecified atom stereocenters. The van der Waals surface area contributed by atoms with E-state index in [4.69, 9.17) is 0 Å². The van der Waals surface area contributed by atoms with Gasteiger partial charge in [0, 0.05) is 18.6 Å². The largest absolute Gasteiger partial charge is 0.392 e. The molecule has 1 heterocycles. The van der Waals surface area contributed by atoms with Crippen molar-refractivity contribution in [2.45, 2.75) is 51.8 Å². The Morgan fingerprint density at radius 2 is 2.13 bits per heavy atom. The molecule has 0 aliphatic carbocycles. The number of piperidine rings is 1. The summed E-state index contributed by atoms with van der Waals surface area (Å²) in [5.74, 6) is 0.348. The number of aliphatic hydroxyl groups excluding tert-OH is 1. The third-order valence-corrected chi connectivity index (χ3v) is 3.59. The van der Waals surface area contributed by atoms with Crippen molar-refractivity contribution in [3.05, 3.63) is 0 Å². The zero-order valence-electron chi connectivity index (χ0n) is 10.5. The molecule has 0 aromatic carbocycles. The van der Waals surface area contributed by atoms with Crippen molar-refractivity contribution in [3.63, 3.8) is 0 Å². The predicted octanol–water partition coefficient (Wildman–Crippen LogP) is 1.08. The minimum absolute atomic E-state index is 0.208. The van der Waals surface area contributed by atoms with Crippen LogP contribution in [0, 0.1) is 5.92 Å². The second kappa shape index (κ2) is 5.83. The number of likely N-dealkylation sites (tertiary alicyclic amines) is 1. The molecule has 1 rings (SSSR count). The Balaban J connectivity index is 2.22. The quantitative estimate of drug-likeness (QED) is 0.735. The summed E-state index contributed by atoms with van der Waals surface area (Å²) in [5, 5.41) is 13.2. The van der Waals surface area contributed by atoms with Crippen LogP contribution in [-0.4, -0.2) is 48.3 Å². The van der Waals surface area contributed by atoms with Gasteiger partial charge in [-0.15, -0.1) is 0 Å². The Hall–Kier alpha value is -0.120. The highest BCUT2D eigenvalue weighted by molar-refractivity contribution is 4.82. The molecular formula is C12H26N2O. The van der Waals surface area contributed by atoms with E-state index in [-0.39, 0.29) is 6.10 Å². The highest BCUT2D eigenvalue weighted by atomic mass is 16.3. The zero-order chi connectivity index (χ0) is 11.4. The van der Waals surface area contributed by atoms with Gasteiger partial charge in [-0.3, -0.25) is 0 Å². The Morgan fingerprint density at radius 3 is 2.67 bits per heavy atom. The van der Waals surface area contributed by atoms with Crippen LogP contribution in [0.2, 0.25) is 0 Å². The molecule has 0 radical (unpaired) electrons. The molecule has 3 nitrogen and oxygen atoms in total. The van der Waals surface area contributed by atoms with Gasteiger partial charge in [-0.05, 0) is 39.3 Å². The molecule has 0 saturated carbocycles. The van der Waals surface area contributed by atoms with E-state index in [1.165, 1.54) is 12.8 Å². The van der Waals surface area contributed by atoms with Crippen LogP contribution >= 0.6 is 0 Å². The minimum Gasteiger partial charge on any atom is -0.392 e. The van der Waals surface area contributed by atoms with Crippen molar-refractivity contribution in [3.8, 4) is 0 Å². The summed E-state index contributed by atoms with van der Waals surface area (Å²) in [4.78, 5) is 2.40. The van der Waals surface area contributed by atoms with E-state index in [0.29, 0.717) is 18.0 Å². The lowest BCUT2D eigenvalue weighted by molar-refractivity contribution is 0.107. The molecule has 3 heteroatoms. The Morgan fingerprint density at radius 1 is 1.47 bits per heavy atom. The Labute approximate surface area is 93.9 Å². The first-order valence-corrected chi connectivity index (χ1v) is 6.12. The molecule has 0 spiro atoms. The van der Waals surface area contributed by atoms with E-state index >= 15 is 0 Å². The van der Waals surface area contributed by atoms with Gasteiger partial charge in [0.15, 0.2) is 0 Å². The van der Waals surface area contributed by atoms with E-state index in [1.807, 2.05) is 0 Å². The van der Waals surface area contributed by atoms with Gasteiger partial charge < -0.3 is 15.3 Å². The maximum atomic E-state index is 9.70. The average molecular weight is 214 g/mol. The van der Waals surface area contributed by atoms with Crippen molar-refractivity contribution < 1.29 is 5.11 Å². The molecule has 1 aliphatic heterocycles. The topological polar surface area (TPSA) is 35.5 Å². The van der Waals surface area contributed by atoms with Crippen molar-refractivity contribution >= 4 is 0 Å². The van der Waals surface area contributed by atoms with E-state index in [1.54, 1.807) is 0 Å². The van der Waals surface area contributed by atoms with Gasteiger partial charge in [0.05, 0.1) is 6.10 Å². The van der Waals surface area contributed by atoms with Gasteiger partial charge in [0.2, 0.25) is 0 Å². The number of nitrogens with one attached hydrogen (secondary N) is 1. The second-order valence-corrected chi connectivity index (χ2v) is 5.27. The summed E-state index contributed by atoms with van der Waals surface area (Å²) < 4.78 is 0. The summed E-state index contributed by atoms with van der Waals surface area (Å²) in [7, 11) is 2.18. The molecule has 0 amide bonds. The molecule has 15 heavy (non-hydrogen) atoms. The van der Waals surface area contributed by atoms with Gasteiger partial charge in [-0.1, -0.05) is 13.8 Å². The number of aliphatic hydroxyl groups is 1. The van der Waals surface area contributed by atoms with E-state index < -0.39 is 0 Å². The van der Waals surface area contributed by atoms with E-state index in [0.717, 1.165) is 13.1 Å². The lowest BCUT2D eigenvalue weighted by Crippen LogP contribution is -2.47. The SMILES string of the molecule is CC(C)C(O)CNC1CCN(C)C(C)C1. The fourth-order valence-electron chi connectivity index (χ4n) is 2.00. The molecule has 0 aromatic heterocycles. The monoisotopic (exact) mass is 214 g/mol. The summed E-state index contributed by atoms with van der Waals surface area (Å²) in [6.07, 6.45) is 2.19. The first kappa shape index (κ1) is 12.9. The number of rotatable bonds is 4. The summed E-state index contributed by atoms with van der Waals surface area (Å²) in [6.45, 7) is 8.29. The average Bonchev–Trinajstić information content (AvgIpc) is 2.19. The van der Waals surface area contributed by atoms with E-state index in [2.05, 4.69) is 38.0 Å². The minimum atomic E-state index is -0.208. The summed E-state index contributed by atoms with van der Waals surface area (Å²) in [5.41, 5.74) is 0. The Kier molecular flexibility index (Phi) is 5.03. The molecule has 3 atom stereocenters. The maximum absolute atomic E-state index is 9.70. The zero-order valence-corrected chi connectivity index (χ0v) is 10.5. The van der Waals surface area contributed by atoms with Gasteiger partial charge in [-0.25, -0.2) is 0 Å². The lowest BCUT2D eigenvalue weighted by atomic mass is 9.98. The smallest absolute Gasteiger partial charge is 0.0687 e. The predicted molar refractivity (Wildman–Crippen MR) is 64.0 cm³/mol. The van der Waals surface area contributed by atoms with Crippen LogP contribution in [0.1, 0.15) is 33.6 Å². The van der Waals surface area contributed by atoms with Crippen LogP contribution in [0.25, 0.3) is 0 Å². The molecule has 2 N–H and O–H groups in total. The van der Waals surface area contributed by atoms with Crippen LogP contribution < -0.4 is 5.32 Å². The van der Waals surface area contributed by atoms with Crippen molar-refractivity contribution in [2.75, 3.05) is 20.1 Å². The normalized spacial score (nSPS) is 30.8. The lowest BCUT2D eigenvalue weighted by Gasteiger charge is -2.36. The third kappa shape index (κ3) is 4.09. The summed E-state index contributed by atoms with van der Waals surface area (Å²) >= 11 is 0. The van der Waals surface area contributed by atoms with Crippen LogP contribution in [0.4, 0.5) is 0 Å². The van der Waals surface area contributed by atoms with Crippen molar-refractivity contribution in [2.24, 2.45) is 5.92 Å². The Bertz CT molecular complexity index is 184. The molecule has 1 fully saturated rings. The van der Waals surface area contributed by atoms with Crippen molar-refractivity contribution in [1.82, 2.24) is 10.2 Å². The molecule has 0 aromatic rings. The van der Waals surface area contributed by atoms with Gasteiger partial charge in [0.25, 0.3) is 0 Å². The van der Waals surface area contributed by atoms with Gasteiger partial charge in [-0.2, -0.15) is 0 Å². The first-order valence-electron chi connectivity index (χ1n) is 6.12.